The molecule has 0 unspecified atom stereocenters. The number of amides is 4. The molecular formula is C27H32F3N5O4. The average Bonchev–Trinajstić information content (AvgIpc) is 3.76. The van der Waals surface area contributed by atoms with E-state index in [0.717, 1.165) is 30.7 Å². The van der Waals surface area contributed by atoms with Gasteiger partial charge in [0.15, 0.2) is 0 Å². The van der Waals surface area contributed by atoms with Gasteiger partial charge in [-0.2, -0.15) is 13.2 Å². The van der Waals surface area contributed by atoms with E-state index in [1.54, 1.807) is 24.1 Å². The van der Waals surface area contributed by atoms with Gasteiger partial charge in [0.05, 0.1) is 18.7 Å². The van der Waals surface area contributed by atoms with Crippen molar-refractivity contribution in [2.75, 3.05) is 68.5 Å². The molecule has 4 rings (SSSR count). The van der Waals surface area contributed by atoms with Crippen molar-refractivity contribution in [2.24, 2.45) is 5.92 Å². The normalized spacial score (nSPS) is 15.6. The number of urea groups is 1. The first-order valence-electron chi connectivity index (χ1n) is 12.8. The summed E-state index contributed by atoms with van der Waals surface area (Å²) in [5.74, 6) is -0.283. The molecule has 1 aliphatic carbocycles. The maximum absolute atomic E-state index is 12.9. The zero-order valence-corrected chi connectivity index (χ0v) is 21.7. The van der Waals surface area contributed by atoms with E-state index in [-0.39, 0.29) is 30.0 Å². The van der Waals surface area contributed by atoms with Crippen LogP contribution in [0.1, 0.15) is 18.4 Å². The lowest BCUT2D eigenvalue weighted by atomic mass is 10.2. The van der Waals surface area contributed by atoms with Crippen LogP contribution in [0.15, 0.2) is 48.5 Å². The first kappa shape index (κ1) is 28.2. The summed E-state index contributed by atoms with van der Waals surface area (Å²) in [6.45, 7) is 2.57. The maximum Gasteiger partial charge on any atom is 0.416 e. The lowest BCUT2D eigenvalue weighted by Crippen LogP contribution is -2.50. The molecule has 0 aromatic heterocycles. The van der Waals surface area contributed by atoms with E-state index in [9.17, 15) is 27.6 Å². The highest BCUT2D eigenvalue weighted by molar-refractivity contribution is 5.95. The Bertz CT molecular complexity index is 1160. The average molecular weight is 548 g/mol. The molecule has 1 saturated heterocycles. The number of nitrogens with zero attached hydrogens (tertiary/aromatic N) is 3. The number of carbonyl (C=O) groups is 3. The van der Waals surface area contributed by atoms with E-state index in [4.69, 9.17) is 4.74 Å². The Balaban J connectivity index is 1.25. The van der Waals surface area contributed by atoms with Gasteiger partial charge in [-0.3, -0.25) is 9.59 Å². The van der Waals surface area contributed by atoms with Crippen LogP contribution in [0.3, 0.4) is 0 Å². The summed E-state index contributed by atoms with van der Waals surface area (Å²) >= 11 is 0. The summed E-state index contributed by atoms with van der Waals surface area (Å²) in [4.78, 5) is 42.8. The number of rotatable bonds is 9. The third kappa shape index (κ3) is 7.85. The van der Waals surface area contributed by atoms with Crippen molar-refractivity contribution in [1.29, 1.82) is 0 Å². The highest BCUT2D eigenvalue weighted by atomic mass is 19.4. The van der Waals surface area contributed by atoms with Crippen LogP contribution in [0.5, 0.6) is 0 Å². The van der Waals surface area contributed by atoms with Crippen molar-refractivity contribution in [3.05, 3.63) is 54.1 Å². The van der Waals surface area contributed by atoms with Crippen molar-refractivity contribution in [2.45, 2.75) is 19.0 Å². The van der Waals surface area contributed by atoms with Crippen LogP contribution in [0.2, 0.25) is 0 Å². The molecule has 2 aliphatic rings. The van der Waals surface area contributed by atoms with Crippen LogP contribution in [-0.4, -0.2) is 80.6 Å². The van der Waals surface area contributed by atoms with Crippen LogP contribution in [0.4, 0.5) is 35.0 Å². The quantitative estimate of drug-likeness (QED) is 0.497. The highest BCUT2D eigenvalue weighted by Crippen LogP contribution is 2.31. The molecule has 2 fully saturated rings. The fourth-order valence-electron chi connectivity index (χ4n) is 4.33. The topological polar surface area (TPSA) is 94.2 Å². The molecule has 210 valence electrons. The van der Waals surface area contributed by atoms with Crippen LogP contribution in [-0.2, 0) is 20.5 Å². The van der Waals surface area contributed by atoms with Crippen LogP contribution >= 0.6 is 0 Å². The summed E-state index contributed by atoms with van der Waals surface area (Å²) in [6.07, 6.45) is -2.76. The highest BCUT2D eigenvalue weighted by Gasteiger charge is 2.34. The fourth-order valence-corrected chi connectivity index (χ4v) is 4.33. The number of halogens is 3. The Morgan fingerprint density at radius 2 is 1.67 bits per heavy atom. The summed E-state index contributed by atoms with van der Waals surface area (Å²) in [5, 5.41) is 5.37. The van der Waals surface area contributed by atoms with Crippen molar-refractivity contribution >= 4 is 34.9 Å². The lowest BCUT2D eigenvalue weighted by molar-refractivity contribution is -0.137. The third-order valence-corrected chi connectivity index (χ3v) is 6.66. The number of piperazine rings is 1. The Morgan fingerprint density at radius 1 is 0.974 bits per heavy atom. The Labute approximate surface area is 224 Å². The minimum absolute atomic E-state index is 0.0137. The third-order valence-electron chi connectivity index (χ3n) is 6.66. The number of hydrogen-bond donors (Lipinski definition) is 2. The van der Waals surface area contributed by atoms with Gasteiger partial charge in [0.25, 0.3) is 0 Å². The number of hydrogen-bond acceptors (Lipinski definition) is 5. The maximum atomic E-state index is 12.9. The standard InChI is InChI=1S/C27H32F3N5O4/c1-39-16-15-35(25(37)19-5-6-19)18-24(36)31-21-7-9-23(10-8-21)33-11-13-34(14-12-33)26(38)32-22-4-2-3-20(17-22)27(28,29)30/h2-4,7-10,17,19H,5-6,11-16,18H2,1H3,(H,31,36)(H,32,38). The molecule has 0 bridgehead atoms. The molecule has 39 heavy (non-hydrogen) atoms. The molecule has 4 amide bonds. The second kappa shape index (κ2) is 12.4. The predicted molar refractivity (Wildman–Crippen MR) is 141 cm³/mol. The number of carbonyl (C=O) groups excluding carboxylic acids is 3. The SMILES string of the molecule is COCCN(CC(=O)Nc1ccc(N2CCN(C(=O)Nc3cccc(C(F)(F)F)c3)CC2)cc1)C(=O)C1CC1. The van der Waals surface area contributed by atoms with Gasteiger partial charge in [-0.25, -0.2) is 4.79 Å². The monoisotopic (exact) mass is 547 g/mol. The zero-order valence-electron chi connectivity index (χ0n) is 21.7. The van der Waals surface area contributed by atoms with Crippen molar-refractivity contribution in [1.82, 2.24) is 9.80 Å². The minimum Gasteiger partial charge on any atom is -0.383 e. The van der Waals surface area contributed by atoms with Gasteiger partial charge in [0, 0.05) is 62.8 Å². The summed E-state index contributed by atoms with van der Waals surface area (Å²) < 4.78 is 43.9. The van der Waals surface area contributed by atoms with E-state index in [2.05, 4.69) is 15.5 Å². The predicted octanol–water partition coefficient (Wildman–Crippen LogP) is 3.88. The van der Waals surface area contributed by atoms with Gasteiger partial charge in [-0.1, -0.05) is 6.07 Å². The van der Waals surface area contributed by atoms with E-state index < -0.39 is 17.8 Å². The van der Waals surface area contributed by atoms with Crippen molar-refractivity contribution in [3.8, 4) is 0 Å². The number of nitrogens with one attached hydrogen (secondary N) is 2. The lowest BCUT2D eigenvalue weighted by Gasteiger charge is -2.36. The van der Waals surface area contributed by atoms with E-state index in [1.165, 1.54) is 17.0 Å². The Hall–Kier alpha value is -3.80. The molecule has 0 radical (unpaired) electrons. The van der Waals surface area contributed by atoms with Gasteiger partial charge in [0.2, 0.25) is 11.8 Å². The molecule has 1 saturated carbocycles. The first-order chi connectivity index (χ1) is 18.6. The van der Waals surface area contributed by atoms with Gasteiger partial charge >= 0.3 is 12.2 Å². The van der Waals surface area contributed by atoms with Crippen LogP contribution in [0.25, 0.3) is 0 Å². The van der Waals surface area contributed by atoms with Gasteiger partial charge in [-0.15, -0.1) is 0 Å². The first-order valence-corrected chi connectivity index (χ1v) is 12.8. The number of alkyl halides is 3. The summed E-state index contributed by atoms with van der Waals surface area (Å²) in [7, 11) is 1.55. The van der Waals surface area contributed by atoms with Gasteiger partial charge < -0.3 is 30.1 Å². The molecule has 2 aromatic rings. The number of benzene rings is 2. The van der Waals surface area contributed by atoms with Crippen LogP contribution in [0, 0.1) is 5.92 Å². The summed E-state index contributed by atoms with van der Waals surface area (Å²) in [6, 6.07) is 11.4. The Kier molecular flexibility index (Phi) is 8.95. The minimum atomic E-state index is -4.48. The van der Waals surface area contributed by atoms with Crippen molar-refractivity contribution in [3.63, 3.8) is 0 Å². The van der Waals surface area contributed by atoms with Gasteiger partial charge in [0.1, 0.15) is 0 Å². The number of anilines is 3. The van der Waals surface area contributed by atoms with Gasteiger partial charge in [-0.05, 0) is 55.3 Å². The van der Waals surface area contributed by atoms with Crippen LogP contribution < -0.4 is 15.5 Å². The van der Waals surface area contributed by atoms with E-state index >= 15 is 0 Å². The van der Waals surface area contributed by atoms with Crippen molar-refractivity contribution < 1.29 is 32.3 Å². The second-order valence-electron chi connectivity index (χ2n) is 9.60. The number of methoxy groups -OCH3 is 1. The Morgan fingerprint density at radius 3 is 2.28 bits per heavy atom. The van der Waals surface area contributed by atoms with E-state index in [0.29, 0.717) is 45.0 Å². The van der Waals surface area contributed by atoms with E-state index in [1.807, 2.05) is 12.1 Å². The molecule has 2 aromatic carbocycles. The molecule has 0 atom stereocenters. The molecule has 1 aliphatic heterocycles. The molecular weight excluding hydrogens is 515 g/mol. The molecule has 12 heteroatoms. The molecule has 9 nitrogen and oxygen atoms in total. The smallest absolute Gasteiger partial charge is 0.383 e. The molecule has 2 N–H and O–H groups in total. The summed E-state index contributed by atoms with van der Waals surface area (Å²) in [5.41, 5.74) is 0.790. The second-order valence-corrected chi connectivity index (χ2v) is 9.60. The molecule has 1 heterocycles. The number of ether oxygens (including phenoxy) is 1. The molecule has 0 spiro atoms. The largest absolute Gasteiger partial charge is 0.416 e. The fraction of sp³-hybridized carbons (Fsp3) is 0.444. The zero-order chi connectivity index (χ0) is 28.0.